The fraction of sp³-hybridized carbons (Fsp3) is 0.417. The topological polar surface area (TPSA) is 89.5 Å². The quantitative estimate of drug-likeness (QED) is 0.133. The summed E-state index contributed by atoms with van der Waals surface area (Å²) < 4.78 is 5.20. The van der Waals surface area contributed by atoms with Gasteiger partial charge < -0.3 is 24.8 Å². The van der Waals surface area contributed by atoms with Gasteiger partial charge in [0.25, 0.3) is 11.8 Å². The van der Waals surface area contributed by atoms with Crippen LogP contribution in [0, 0.1) is 0 Å². The van der Waals surface area contributed by atoms with Crippen LogP contribution in [0.4, 0.5) is 11.4 Å². The minimum atomic E-state index is -0.409. The highest BCUT2D eigenvalue weighted by atomic mass is 16.5. The lowest BCUT2D eigenvalue weighted by Crippen LogP contribution is -2.32. The minimum Gasteiger partial charge on any atom is -0.497 e. The first-order chi connectivity index (χ1) is 21.8. The summed E-state index contributed by atoms with van der Waals surface area (Å²) in [7, 11) is 3.71. The fourth-order valence-corrected chi connectivity index (χ4v) is 5.10. The molecule has 2 N–H and O–H groups in total. The van der Waals surface area contributed by atoms with E-state index >= 15 is 0 Å². The van der Waals surface area contributed by atoms with Gasteiger partial charge in [-0.3, -0.25) is 9.59 Å². The van der Waals surface area contributed by atoms with Crippen molar-refractivity contribution in [2.45, 2.75) is 47.1 Å². The standard InChI is InChI=1S/C36H50N6O3/c1-7-20-42(21-8-2)31-16-19-34(33(25-31)36(44)39-37-26-28-14-17-32(45-6)18-15-28)38-35(43)30-13-11-12-29(24-30)27-40(5)22-23-41(9-3)10-4/h11-19,24-26H,7-10,20-23,27H2,1-6H3,(H,38,43)(H,39,44)/b37-26+. The summed E-state index contributed by atoms with van der Waals surface area (Å²) in [6.45, 7) is 15.1. The summed E-state index contributed by atoms with van der Waals surface area (Å²) in [6.07, 6.45) is 3.53. The molecule has 0 spiro atoms. The third kappa shape index (κ3) is 11.0. The Morgan fingerprint density at radius 2 is 1.56 bits per heavy atom. The Hall–Kier alpha value is -4.21. The maximum atomic E-state index is 13.5. The van der Waals surface area contributed by atoms with Crippen molar-refractivity contribution in [1.29, 1.82) is 0 Å². The SMILES string of the molecule is CCCN(CCC)c1ccc(NC(=O)c2cccc(CN(C)CCN(CC)CC)c2)c(C(=O)N/N=C/c2ccc(OC)cc2)c1. The zero-order chi connectivity index (χ0) is 32.6. The van der Waals surface area contributed by atoms with Gasteiger partial charge in [0.1, 0.15) is 5.75 Å². The number of anilines is 2. The molecule has 0 saturated heterocycles. The molecule has 0 fully saturated rings. The molecule has 0 unspecified atom stereocenters. The Balaban J connectivity index is 1.80. The molecule has 0 aliphatic rings. The molecule has 242 valence electrons. The summed E-state index contributed by atoms with van der Waals surface area (Å²) in [6, 6.07) is 20.6. The molecule has 0 heterocycles. The van der Waals surface area contributed by atoms with Crippen LogP contribution in [0.2, 0.25) is 0 Å². The van der Waals surface area contributed by atoms with Crippen molar-refractivity contribution in [1.82, 2.24) is 15.2 Å². The van der Waals surface area contributed by atoms with Gasteiger partial charge in [-0.2, -0.15) is 5.10 Å². The van der Waals surface area contributed by atoms with Crippen LogP contribution in [-0.4, -0.2) is 81.3 Å². The van der Waals surface area contributed by atoms with Gasteiger partial charge in [0, 0.05) is 44.0 Å². The summed E-state index contributed by atoms with van der Waals surface area (Å²) in [4.78, 5) is 33.9. The number of hydrogen-bond donors (Lipinski definition) is 2. The van der Waals surface area contributed by atoms with E-state index in [1.165, 1.54) is 0 Å². The molecule has 0 aromatic heterocycles. The van der Waals surface area contributed by atoms with Crippen LogP contribution >= 0.6 is 0 Å². The maximum absolute atomic E-state index is 13.5. The molecule has 9 nitrogen and oxygen atoms in total. The lowest BCUT2D eigenvalue weighted by atomic mass is 10.1. The molecule has 0 saturated carbocycles. The van der Waals surface area contributed by atoms with E-state index in [1.807, 2.05) is 54.6 Å². The predicted octanol–water partition coefficient (Wildman–Crippen LogP) is 6.11. The van der Waals surface area contributed by atoms with Crippen LogP contribution in [-0.2, 0) is 6.54 Å². The normalized spacial score (nSPS) is 11.3. The molecule has 3 aromatic rings. The summed E-state index contributed by atoms with van der Waals surface area (Å²) >= 11 is 0. The number of rotatable bonds is 18. The molecule has 0 bridgehead atoms. The van der Waals surface area contributed by atoms with Crippen LogP contribution in [0.15, 0.2) is 71.8 Å². The number of nitrogens with one attached hydrogen (secondary N) is 2. The number of ether oxygens (including phenoxy) is 1. The lowest BCUT2D eigenvalue weighted by Gasteiger charge is -2.25. The molecule has 0 atom stereocenters. The van der Waals surface area contributed by atoms with E-state index in [0.717, 1.165) is 81.2 Å². The molecule has 0 radical (unpaired) electrons. The molecular formula is C36H50N6O3. The van der Waals surface area contributed by atoms with Crippen LogP contribution in [0.5, 0.6) is 5.75 Å². The average molecular weight is 615 g/mol. The van der Waals surface area contributed by atoms with Crippen molar-refractivity contribution in [3.05, 3.63) is 89.0 Å². The smallest absolute Gasteiger partial charge is 0.273 e. The van der Waals surface area contributed by atoms with Crippen LogP contribution < -0.4 is 20.4 Å². The van der Waals surface area contributed by atoms with Gasteiger partial charge >= 0.3 is 0 Å². The lowest BCUT2D eigenvalue weighted by molar-refractivity contribution is 0.0956. The second kappa shape index (κ2) is 18.6. The molecule has 2 amide bonds. The molecule has 3 rings (SSSR count). The molecule has 0 aliphatic heterocycles. The van der Waals surface area contributed by atoms with Crippen LogP contribution in [0.3, 0.4) is 0 Å². The van der Waals surface area contributed by atoms with E-state index in [9.17, 15) is 9.59 Å². The van der Waals surface area contributed by atoms with Gasteiger partial charge in [0.05, 0.1) is 24.6 Å². The minimum absolute atomic E-state index is 0.273. The van der Waals surface area contributed by atoms with Crippen molar-refractivity contribution >= 4 is 29.4 Å². The van der Waals surface area contributed by atoms with Gasteiger partial charge in [-0.05, 0) is 98.7 Å². The number of hydrogen-bond acceptors (Lipinski definition) is 7. The van der Waals surface area contributed by atoms with Gasteiger partial charge in [0.15, 0.2) is 0 Å². The Kier molecular flexibility index (Phi) is 14.6. The van der Waals surface area contributed by atoms with Crippen molar-refractivity contribution in [3.63, 3.8) is 0 Å². The van der Waals surface area contributed by atoms with Crippen molar-refractivity contribution in [3.8, 4) is 5.75 Å². The van der Waals surface area contributed by atoms with Crippen molar-refractivity contribution < 1.29 is 14.3 Å². The highest BCUT2D eigenvalue weighted by Crippen LogP contribution is 2.25. The summed E-state index contributed by atoms with van der Waals surface area (Å²) in [5.74, 6) is 0.0588. The third-order valence-electron chi connectivity index (χ3n) is 7.68. The van der Waals surface area contributed by atoms with Gasteiger partial charge in [-0.15, -0.1) is 0 Å². The Morgan fingerprint density at radius 1 is 0.844 bits per heavy atom. The van der Waals surface area contributed by atoms with Gasteiger partial charge in [0.2, 0.25) is 0 Å². The Morgan fingerprint density at radius 3 is 2.20 bits per heavy atom. The highest BCUT2D eigenvalue weighted by Gasteiger charge is 2.18. The second-order valence-electron chi connectivity index (χ2n) is 11.1. The number of carbonyl (C=O) groups excluding carboxylic acids is 2. The van der Waals surface area contributed by atoms with Gasteiger partial charge in [-0.1, -0.05) is 39.8 Å². The molecule has 45 heavy (non-hydrogen) atoms. The zero-order valence-electron chi connectivity index (χ0n) is 27.8. The number of nitrogens with zero attached hydrogens (tertiary/aromatic N) is 4. The Labute approximate surface area is 269 Å². The van der Waals surface area contributed by atoms with Gasteiger partial charge in [-0.25, -0.2) is 5.43 Å². The van der Waals surface area contributed by atoms with E-state index in [4.69, 9.17) is 4.74 Å². The fourth-order valence-electron chi connectivity index (χ4n) is 5.10. The largest absolute Gasteiger partial charge is 0.497 e. The van der Waals surface area contributed by atoms with E-state index in [2.05, 4.69) is 65.3 Å². The van der Waals surface area contributed by atoms with E-state index in [0.29, 0.717) is 16.8 Å². The zero-order valence-corrected chi connectivity index (χ0v) is 27.8. The first-order valence-electron chi connectivity index (χ1n) is 16.0. The third-order valence-corrected chi connectivity index (χ3v) is 7.68. The molecule has 3 aromatic carbocycles. The van der Waals surface area contributed by atoms with Crippen molar-refractivity contribution in [2.24, 2.45) is 5.10 Å². The number of likely N-dealkylation sites (N-methyl/N-ethyl adjacent to an activating group) is 2. The monoisotopic (exact) mass is 614 g/mol. The number of amides is 2. The van der Waals surface area contributed by atoms with Crippen molar-refractivity contribution in [2.75, 3.05) is 63.6 Å². The van der Waals surface area contributed by atoms with E-state index < -0.39 is 5.91 Å². The first-order valence-corrected chi connectivity index (χ1v) is 16.0. The number of carbonyl (C=O) groups is 2. The molecular weight excluding hydrogens is 564 g/mol. The predicted molar refractivity (Wildman–Crippen MR) is 186 cm³/mol. The van der Waals surface area contributed by atoms with E-state index in [-0.39, 0.29) is 5.91 Å². The van der Waals surface area contributed by atoms with E-state index in [1.54, 1.807) is 25.5 Å². The number of benzene rings is 3. The average Bonchev–Trinajstić information content (AvgIpc) is 3.05. The number of methoxy groups -OCH3 is 1. The van der Waals surface area contributed by atoms with Crippen LogP contribution in [0.1, 0.15) is 72.4 Å². The summed E-state index contributed by atoms with van der Waals surface area (Å²) in [5, 5.41) is 7.17. The first kappa shape index (κ1) is 35.3. The molecule has 9 heteroatoms. The van der Waals surface area contributed by atoms with Crippen LogP contribution in [0.25, 0.3) is 0 Å². The Bertz CT molecular complexity index is 1380. The highest BCUT2D eigenvalue weighted by molar-refractivity contribution is 6.09. The maximum Gasteiger partial charge on any atom is 0.273 e. The number of hydrazone groups is 1. The second-order valence-corrected chi connectivity index (χ2v) is 11.1. The molecule has 0 aliphatic carbocycles. The summed E-state index contributed by atoms with van der Waals surface area (Å²) in [5.41, 5.74) is 6.74.